The Morgan fingerprint density at radius 3 is 2.68 bits per heavy atom. The van der Waals surface area contributed by atoms with E-state index in [9.17, 15) is 10.1 Å². The van der Waals surface area contributed by atoms with Crippen LogP contribution in [0.1, 0.15) is 16.0 Å². The molecule has 132 valence electrons. The van der Waals surface area contributed by atoms with Gasteiger partial charge in [-0.15, -0.1) is 11.3 Å². The number of aryl methyl sites for hydroxylation is 1. The number of thiophene rings is 1. The van der Waals surface area contributed by atoms with Crippen molar-refractivity contribution in [3.05, 3.63) is 45.3 Å². The average molecular weight is 378 g/mol. The number of hydrogen-bond donors (Lipinski definition) is 1. The molecule has 0 radical (unpaired) electrons. The Balaban J connectivity index is 1.79. The van der Waals surface area contributed by atoms with E-state index in [-0.39, 0.29) is 12.5 Å². The summed E-state index contributed by atoms with van der Waals surface area (Å²) in [4.78, 5) is 15.1. The molecule has 0 fully saturated rings. The number of halogens is 1. The van der Waals surface area contributed by atoms with Gasteiger partial charge in [0.15, 0.2) is 0 Å². The van der Waals surface area contributed by atoms with Crippen molar-refractivity contribution in [2.45, 2.75) is 13.8 Å². The predicted octanol–water partition coefficient (Wildman–Crippen LogP) is 3.84. The van der Waals surface area contributed by atoms with Gasteiger partial charge in [-0.1, -0.05) is 11.6 Å². The molecule has 1 aromatic heterocycles. The number of likely N-dealkylation sites (N-methyl/N-ethyl adjacent to an activating group) is 1. The molecule has 1 aromatic carbocycles. The summed E-state index contributed by atoms with van der Waals surface area (Å²) in [6, 6.07) is 9.30. The molecule has 5 nitrogen and oxygen atoms in total. The Kier molecular flexibility index (Phi) is 6.82. The minimum atomic E-state index is -0.147. The number of anilines is 1. The summed E-state index contributed by atoms with van der Waals surface area (Å²) in [5.41, 5.74) is 1.47. The summed E-state index contributed by atoms with van der Waals surface area (Å²) in [6.07, 6.45) is 0. The summed E-state index contributed by atoms with van der Waals surface area (Å²) in [6.45, 7) is 5.12. The number of carbonyl (C=O) groups is 1. The van der Waals surface area contributed by atoms with Gasteiger partial charge in [-0.3, -0.25) is 9.69 Å². The molecule has 1 heterocycles. The number of ether oxygens (including phenoxy) is 1. The Labute approximate surface area is 156 Å². The second-order valence-corrected chi connectivity index (χ2v) is 7.35. The SMILES string of the molecule is Cc1sc(NC(=O)CN(C)CCOc2ccc(Cl)cc2)c(C#N)c1C. The fraction of sp³-hybridized carbons (Fsp3) is 0.333. The third-order valence-corrected chi connectivity index (χ3v) is 5.09. The van der Waals surface area contributed by atoms with E-state index in [4.69, 9.17) is 16.3 Å². The fourth-order valence-corrected chi connectivity index (χ4v) is 3.34. The lowest BCUT2D eigenvalue weighted by molar-refractivity contribution is -0.117. The van der Waals surface area contributed by atoms with E-state index in [1.54, 1.807) is 24.3 Å². The molecule has 1 amide bonds. The highest BCUT2D eigenvalue weighted by Crippen LogP contribution is 2.31. The minimum absolute atomic E-state index is 0.147. The van der Waals surface area contributed by atoms with Gasteiger partial charge in [0.25, 0.3) is 0 Å². The zero-order valence-electron chi connectivity index (χ0n) is 14.4. The van der Waals surface area contributed by atoms with Crippen LogP contribution < -0.4 is 10.1 Å². The van der Waals surface area contributed by atoms with Crippen LogP contribution in [0.15, 0.2) is 24.3 Å². The van der Waals surface area contributed by atoms with Crippen molar-refractivity contribution in [2.75, 3.05) is 32.1 Å². The fourth-order valence-electron chi connectivity index (χ4n) is 2.19. The third-order valence-electron chi connectivity index (χ3n) is 3.72. The lowest BCUT2D eigenvalue weighted by atomic mass is 10.2. The van der Waals surface area contributed by atoms with E-state index in [1.807, 2.05) is 25.8 Å². The molecular weight excluding hydrogens is 358 g/mol. The highest BCUT2D eigenvalue weighted by molar-refractivity contribution is 7.16. The van der Waals surface area contributed by atoms with Gasteiger partial charge >= 0.3 is 0 Å². The van der Waals surface area contributed by atoms with E-state index in [2.05, 4.69) is 11.4 Å². The molecule has 2 aromatic rings. The molecule has 0 spiro atoms. The number of rotatable bonds is 7. The number of hydrogen-bond acceptors (Lipinski definition) is 5. The molecule has 0 saturated heterocycles. The van der Waals surface area contributed by atoms with Gasteiger partial charge < -0.3 is 10.1 Å². The van der Waals surface area contributed by atoms with Crippen LogP contribution in [0.5, 0.6) is 5.75 Å². The molecule has 7 heteroatoms. The first-order valence-corrected chi connectivity index (χ1v) is 8.97. The molecule has 0 bridgehead atoms. The number of benzene rings is 1. The van der Waals surface area contributed by atoms with Crippen LogP contribution in [-0.2, 0) is 4.79 Å². The van der Waals surface area contributed by atoms with Crippen molar-refractivity contribution in [2.24, 2.45) is 0 Å². The zero-order valence-corrected chi connectivity index (χ0v) is 16.0. The quantitative estimate of drug-likeness (QED) is 0.796. The molecular formula is C18H20ClN3O2S. The first kappa shape index (κ1) is 19.3. The van der Waals surface area contributed by atoms with Crippen molar-refractivity contribution in [3.63, 3.8) is 0 Å². The summed E-state index contributed by atoms with van der Waals surface area (Å²) in [5.74, 6) is 0.595. The van der Waals surface area contributed by atoms with E-state index in [0.717, 1.165) is 16.2 Å². The second-order valence-electron chi connectivity index (χ2n) is 5.69. The molecule has 1 N–H and O–H groups in total. The van der Waals surface area contributed by atoms with Crippen molar-refractivity contribution >= 4 is 33.8 Å². The van der Waals surface area contributed by atoms with Crippen LogP contribution >= 0.6 is 22.9 Å². The average Bonchev–Trinajstić information content (AvgIpc) is 2.82. The largest absolute Gasteiger partial charge is 0.492 e. The number of carbonyl (C=O) groups excluding carboxylic acids is 1. The van der Waals surface area contributed by atoms with Gasteiger partial charge in [0.1, 0.15) is 23.4 Å². The summed E-state index contributed by atoms with van der Waals surface area (Å²) in [7, 11) is 1.85. The highest BCUT2D eigenvalue weighted by Gasteiger charge is 2.15. The molecule has 0 aliphatic carbocycles. The van der Waals surface area contributed by atoms with E-state index >= 15 is 0 Å². The lowest BCUT2D eigenvalue weighted by Crippen LogP contribution is -2.33. The standard InChI is InChI=1S/C18H20ClN3O2S/c1-12-13(2)25-18(16(12)10-20)21-17(23)11-22(3)8-9-24-15-6-4-14(19)5-7-15/h4-7H,8-9,11H2,1-3H3,(H,21,23). The Morgan fingerprint density at radius 2 is 2.04 bits per heavy atom. The van der Waals surface area contributed by atoms with Crippen LogP contribution in [0.3, 0.4) is 0 Å². The molecule has 0 unspecified atom stereocenters. The lowest BCUT2D eigenvalue weighted by Gasteiger charge is -2.16. The van der Waals surface area contributed by atoms with Crippen LogP contribution in [0.25, 0.3) is 0 Å². The van der Waals surface area contributed by atoms with Gasteiger partial charge in [-0.2, -0.15) is 5.26 Å². The van der Waals surface area contributed by atoms with Crippen molar-refractivity contribution in [1.82, 2.24) is 4.90 Å². The van der Waals surface area contributed by atoms with Gasteiger partial charge in [0, 0.05) is 16.4 Å². The number of nitrogens with zero attached hydrogens (tertiary/aromatic N) is 2. The molecule has 25 heavy (non-hydrogen) atoms. The van der Waals surface area contributed by atoms with Gasteiger partial charge in [0.2, 0.25) is 5.91 Å². The minimum Gasteiger partial charge on any atom is -0.492 e. The first-order chi connectivity index (χ1) is 11.9. The Bertz CT molecular complexity index is 781. The van der Waals surface area contributed by atoms with Gasteiger partial charge in [0.05, 0.1) is 12.1 Å². The molecule has 0 aliphatic heterocycles. The number of amides is 1. The third kappa shape index (κ3) is 5.46. The maximum atomic E-state index is 12.2. The number of nitrogens with one attached hydrogen (secondary N) is 1. The summed E-state index contributed by atoms with van der Waals surface area (Å²) < 4.78 is 5.61. The predicted molar refractivity (Wildman–Crippen MR) is 102 cm³/mol. The normalized spacial score (nSPS) is 10.6. The molecule has 2 rings (SSSR count). The summed E-state index contributed by atoms with van der Waals surface area (Å²) in [5, 5.41) is 13.3. The van der Waals surface area contributed by atoms with Gasteiger partial charge in [-0.05, 0) is 50.7 Å². The Morgan fingerprint density at radius 1 is 1.36 bits per heavy atom. The van der Waals surface area contributed by atoms with Crippen LogP contribution in [0.2, 0.25) is 5.02 Å². The van der Waals surface area contributed by atoms with E-state index in [1.165, 1.54) is 11.3 Å². The van der Waals surface area contributed by atoms with E-state index in [0.29, 0.717) is 28.7 Å². The van der Waals surface area contributed by atoms with Crippen molar-refractivity contribution in [3.8, 4) is 11.8 Å². The molecule has 0 aliphatic rings. The second kappa shape index (κ2) is 8.86. The van der Waals surface area contributed by atoms with Crippen molar-refractivity contribution < 1.29 is 9.53 Å². The monoisotopic (exact) mass is 377 g/mol. The maximum Gasteiger partial charge on any atom is 0.239 e. The van der Waals surface area contributed by atoms with Crippen LogP contribution in [0, 0.1) is 25.2 Å². The topological polar surface area (TPSA) is 65.4 Å². The highest BCUT2D eigenvalue weighted by atomic mass is 35.5. The molecule has 0 atom stereocenters. The first-order valence-electron chi connectivity index (χ1n) is 7.77. The van der Waals surface area contributed by atoms with Crippen LogP contribution in [-0.4, -0.2) is 37.6 Å². The number of nitriles is 1. The van der Waals surface area contributed by atoms with Gasteiger partial charge in [-0.25, -0.2) is 0 Å². The smallest absolute Gasteiger partial charge is 0.239 e. The summed E-state index contributed by atoms with van der Waals surface area (Å²) >= 11 is 7.25. The molecule has 0 saturated carbocycles. The van der Waals surface area contributed by atoms with Crippen LogP contribution in [0.4, 0.5) is 5.00 Å². The maximum absolute atomic E-state index is 12.2. The van der Waals surface area contributed by atoms with E-state index < -0.39 is 0 Å². The Hall–Kier alpha value is -2.07. The van der Waals surface area contributed by atoms with Crippen molar-refractivity contribution in [1.29, 1.82) is 5.26 Å². The zero-order chi connectivity index (χ0) is 18.4.